The molecule has 0 atom stereocenters. The first-order valence-corrected chi connectivity index (χ1v) is 6.43. The fourth-order valence-corrected chi connectivity index (χ4v) is 2.39. The highest BCUT2D eigenvalue weighted by Gasteiger charge is 2.16. The molecule has 0 aliphatic heterocycles. The van der Waals surface area contributed by atoms with Crippen molar-refractivity contribution in [1.82, 2.24) is 0 Å². The zero-order chi connectivity index (χ0) is 13.1. The van der Waals surface area contributed by atoms with Crippen molar-refractivity contribution < 1.29 is 14.5 Å². The number of hydrogen-bond donors (Lipinski definition) is 0. The second kappa shape index (κ2) is 5.28. The molecule has 0 aliphatic rings. The smallest absolute Gasteiger partial charge is 0.287 e. The van der Waals surface area contributed by atoms with Crippen LogP contribution in [0.15, 0.2) is 34.1 Å². The maximum absolute atomic E-state index is 10.8. The molecule has 92 valence electrons. The predicted octanol–water partition coefficient (Wildman–Crippen LogP) is 4.02. The summed E-state index contributed by atoms with van der Waals surface area (Å²) in [6.45, 7) is 0. The molecule has 1 aromatic heterocycles. The summed E-state index contributed by atoms with van der Waals surface area (Å²) in [5.41, 5.74) is -0.0710. The minimum Gasteiger partial charge on any atom is -0.455 e. The number of hydrogen-bond acceptors (Lipinski definition) is 5. The van der Waals surface area contributed by atoms with E-state index >= 15 is 0 Å². The van der Waals surface area contributed by atoms with Crippen molar-refractivity contribution in [3.63, 3.8) is 0 Å². The van der Waals surface area contributed by atoms with Crippen LogP contribution in [-0.4, -0.2) is 11.2 Å². The van der Waals surface area contributed by atoms with Crippen molar-refractivity contribution in [2.75, 3.05) is 0 Å². The quantitative estimate of drug-likeness (QED) is 0.483. The Kier molecular flexibility index (Phi) is 3.73. The first-order chi connectivity index (χ1) is 8.61. The van der Waals surface area contributed by atoms with E-state index in [-0.39, 0.29) is 10.2 Å². The Hall–Kier alpha value is -1.73. The number of aldehydes is 1. The third kappa shape index (κ3) is 2.57. The molecule has 1 heterocycles. The van der Waals surface area contributed by atoms with Crippen LogP contribution in [0.2, 0.25) is 0 Å². The lowest BCUT2D eigenvalue weighted by Crippen LogP contribution is -1.91. The van der Waals surface area contributed by atoms with E-state index in [0.29, 0.717) is 16.4 Å². The molecule has 2 aromatic rings. The van der Waals surface area contributed by atoms with Gasteiger partial charge in [-0.25, -0.2) is 0 Å². The van der Waals surface area contributed by atoms with Crippen LogP contribution >= 0.6 is 27.3 Å². The number of nitro groups is 1. The predicted molar refractivity (Wildman–Crippen MR) is 70.6 cm³/mol. The Bertz CT molecular complexity index is 611. The summed E-state index contributed by atoms with van der Waals surface area (Å²) in [6, 6.07) is 6.09. The molecule has 5 nitrogen and oxygen atoms in total. The van der Waals surface area contributed by atoms with Crippen molar-refractivity contribution >= 4 is 39.2 Å². The number of halogens is 1. The Labute approximate surface area is 114 Å². The highest BCUT2D eigenvalue weighted by Crippen LogP contribution is 2.37. The van der Waals surface area contributed by atoms with E-state index in [9.17, 15) is 14.9 Å². The van der Waals surface area contributed by atoms with Gasteiger partial charge >= 0.3 is 0 Å². The van der Waals surface area contributed by atoms with Gasteiger partial charge in [-0.15, -0.1) is 11.3 Å². The Morgan fingerprint density at radius 1 is 1.44 bits per heavy atom. The second-order valence-electron chi connectivity index (χ2n) is 3.25. The average Bonchev–Trinajstić information content (AvgIpc) is 2.79. The number of carbonyl (C=O) groups is 1. The number of ether oxygens (including phenoxy) is 1. The van der Waals surface area contributed by atoms with Gasteiger partial charge in [0.2, 0.25) is 0 Å². The molecule has 0 radical (unpaired) electrons. The molecule has 0 N–H and O–H groups in total. The van der Waals surface area contributed by atoms with Crippen molar-refractivity contribution in [2.24, 2.45) is 0 Å². The van der Waals surface area contributed by atoms with Crippen LogP contribution in [0.5, 0.6) is 11.5 Å². The second-order valence-corrected chi connectivity index (χ2v) is 4.99. The highest BCUT2D eigenvalue weighted by molar-refractivity contribution is 9.10. The third-order valence-electron chi connectivity index (χ3n) is 2.08. The number of rotatable bonds is 4. The molecule has 2 rings (SSSR count). The summed E-state index contributed by atoms with van der Waals surface area (Å²) in [4.78, 5) is 21.3. The molecule has 0 amide bonds. The molecule has 0 saturated heterocycles. The van der Waals surface area contributed by atoms with E-state index in [1.165, 1.54) is 23.5 Å². The first kappa shape index (κ1) is 12.7. The minimum atomic E-state index is -0.499. The molecule has 1 aromatic carbocycles. The molecule has 0 spiro atoms. The number of nitrogens with zero attached hydrogens (tertiary/aromatic N) is 1. The van der Waals surface area contributed by atoms with Crippen LogP contribution in [0.1, 0.15) is 9.67 Å². The molecule has 7 heteroatoms. The number of thiophene rings is 1. The molecule has 0 bridgehead atoms. The molecule has 0 aliphatic carbocycles. The van der Waals surface area contributed by atoms with Gasteiger partial charge in [0.1, 0.15) is 16.0 Å². The van der Waals surface area contributed by atoms with Gasteiger partial charge in [0, 0.05) is 17.5 Å². The SMILES string of the molecule is O=Cc1cc(Oc2cccc([N+](=O)[O-])c2Br)cs1. The fraction of sp³-hybridized carbons (Fsp3) is 0. The third-order valence-corrected chi connectivity index (χ3v) is 3.71. The van der Waals surface area contributed by atoms with Crippen molar-refractivity contribution in [1.29, 1.82) is 0 Å². The highest BCUT2D eigenvalue weighted by atomic mass is 79.9. The van der Waals surface area contributed by atoms with Crippen LogP contribution in [-0.2, 0) is 0 Å². The molecule has 0 fully saturated rings. The summed E-state index contributed by atoms with van der Waals surface area (Å²) in [7, 11) is 0. The number of benzene rings is 1. The van der Waals surface area contributed by atoms with Crippen molar-refractivity contribution in [3.05, 3.63) is 49.1 Å². The van der Waals surface area contributed by atoms with E-state index in [2.05, 4.69) is 15.9 Å². The van der Waals surface area contributed by atoms with Gasteiger partial charge < -0.3 is 4.74 Å². The molecule has 0 saturated carbocycles. The lowest BCUT2D eigenvalue weighted by Gasteiger charge is -2.05. The Balaban J connectivity index is 2.31. The summed E-state index contributed by atoms with van der Waals surface area (Å²) < 4.78 is 5.75. The maximum Gasteiger partial charge on any atom is 0.287 e. The van der Waals surface area contributed by atoms with Crippen LogP contribution in [0.3, 0.4) is 0 Å². The van der Waals surface area contributed by atoms with Crippen LogP contribution in [0.4, 0.5) is 5.69 Å². The summed E-state index contributed by atoms with van der Waals surface area (Å²) >= 11 is 4.37. The summed E-state index contributed by atoms with van der Waals surface area (Å²) in [6.07, 6.45) is 0.722. The number of nitro benzene ring substituents is 1. The van der Waals surface area contributed by atoms with E-state index in [1.807, 2.05) is 0 Å². The standard InChI is InChI=1S/C11H6BrNO4S/c12-11-9(13(15)16)2-1-3-10(11)17-7-4-8(5-14)18-6-7/h1-6H. The Morgan fingerprint density at radius 2 is 2.22 bits per heavy atom. The molecular formula is C11H6BrNO4S. The van der Waals surface area contributed by atoms with Gasteiger partial charge in [0.05, 0.1) is 9.80 Å². The zero-order valence-corrected chi connectivity index (χ0v) is 11.2. The zero-order valence-electron chi connectivity index (χ0n) is 8.83. The summed E-state index contributed by atoms with van der Waals surface area (Å²) in [5, 5.41) is 12.4. The largest absolute Gasteiger partial charge is 0.455 e. The van der Waals surface area contributed by atoms with Gasteiger partial charge in [-0.3, -0.25) is 14.9 Å². The van der Waals surface area contributed by atoms with Gasteiger partial charge in [0.15, 0.2) is 6.29 Å². The van der Waals surface area contributed by atoms with E-state index < -0.39 is 4.92 Å². The fourth-order valence-electron chi connectivity index (χ4n) is 1.30. The van der Waals surface area contributed by atoms with Gasteiger partial charge in [-0.1, -0.05) is 6.07 Å². The minimum absolute atomic E-state index is 0.0710. The van der Waals surface area contributed by atoms with Gasteiger partial charge in [-0.05, 0) is 22.0 Å². The van der Waals surface area contributed by atoms with Crippen LogP contribution in [0, 0.1) is 10.1 Å². The van der Waals surface area contributed by atoms with Crippen molar-refractivity contribution in [3.8, 4) is 11.5 Å². The molecule has 18 heavy (non-hydrogen) atoms. The van der Waals surface area contributed by atoms with E-state index in [1.54, 1.807) is 17.5 Å². The van der Waals surface area contributed by atoms with Gasteiger partial charge in [-0.2, -0.15) is 0 Å². The van der Waals surface area contributed by atoms with E-state index in [0.717, 1.165) is 6.29 Å². The summed E-state index contributed by atoms with van der Waals surface area (Å²) in [5.74, 6) is 0.808. The molecule has 0 unspecified atom stereocenters. The lowest BCUT2D eigenvalue weighted by atomic mass is 10.3. The monoisotopic (exact) mass is 327 g/mol. The molecular weight excluding hydrogens is 322 g/mol. The first-order valence-electron chi connectivity index (χ1n) is 4.76. The Morgan fingerprint density at radius 3 is 2.83 bits per heavy atom. The van der Waals surface area contributed by atoms with E-state index in [4.69, 9.17) is 4.74 Å². The van der Waals surface area contributed by atoms with Crippen LogP contribution < -0.4 is 4.74 Å². The maximum atomic E-state index is 10.8. The van der Waals surface area contributed by atoms with Crippen LogP contribution in [0.25, 0.3) is 0 Å². The number of carbonyl (C=O) groups excluding carboxylic acids is 1. The average molecular weight is 328 g/mol. The lowest BCUT2D eigenvalue weighted by molar-refractivity contribution is -0.385. The van der Waals surface area contributed by atoms with Gasteiger partial charge in [0.25, 0.3) is 5.69 Å². The normalized spacial score (nSPS) is 10.1. The van der Waals surface area contributed by atoms with Crippen molar-refractivity contribution in [2.45, 2.75) is 0 Å². The topological polar surface area (TPSA) is 69.4 Å².